The zero-order valence-corrected chi connectivity index (χ0v) is 14.7. The van der Waals surface area contributed by atoms with Crippen molar-refractivity contribution in [3.63, 3.8) is 0 Å². The van der Waals surface area contributed by atoms with Gasteiger partial charge in [0.25, 0.3) is 5.91 Å². The van der Waals surface area contributed by atoms with Crippen molar-refractivity contribution in [2.75, 3.05) is 5.32 Å². The van der Waals surface area contributed by atoms with Crippen molar-refractivity contribution in [1.29, 1.82) is 0 Å². The topological polar surface area (TPSA) is 59.8 Å². The lowest BCUT2D eigenvalue weighted by Gasteiger charge is -2.23. The van der Waals surface area contributed by atoms with Gasteiger partial charge in [0.15, 0.2) is 0 Å². The Balaban J connectivity index is 1.50. The maximum absolute atomic E-state index is 12.6. The van der Waals surface area contributed by atoms with Crippen molar-refractivity contribution >= 4 is 23.1 Å². The van der Waals surface area contributed by atoms with Gasteiger partial charge in [-0.25, -0.2) is 9.67 Å². The summed E-state index contributed by atoms with van der Waals surface area (Å²) in [5.74, 6) is 0.571. The van der Waals surface area contributed by atoms with Crippen LogP contribution >= 0.6 is 11.3 Å². The molecular formula is C19H20N4OS. The molecule has 4 rings (SSSR count). The third-order valence-electron chi connectivity index (χ3n) is 4.59. The highest BCUT2D eigenvalue weighted by Crippen LogP contribution is 2.30. The highest BCUT2D eigenvalue weighted by atomic mass is 32.1. The molecule has 1 aromatic carbocycles. The monoisotopic (exact) mass is 352 g/mol. The van der Waals surface area contributed by atoms with Crippen molar-refractivity contribution < 1.29 is 4.79 Å². The Morgan fingerprint density at radius 3 is 2.72 bits per heavy atom. The number of thiazole rings is 1. The summed E-state index contributed by atoms with van der Waals surface area (Å²) in [6, 6.07) is 12.2. The maximum atomic E-state index is 12.6. The number of aromatic nitrogens is 3. The van der Waals surface area contributed by atoms with Crippen LogP contribution in [0.5, 0.6) is 0 Å². The van der Waals surface area contributed by atoms with E-state index in [0.717, 1.165) is 29.2 Å². The first kappa shape index (κ1) is 16.0. The molecule has 2 heterocycles. The molecule has 1 saturated carbocycles. The molecule has 5 nitrogen and oxygen atoms in total. The lowest BCUT2D eigenvalue weighted by atomic mass is 9.96. The van der Waals surface area contributed by atoms with Crippen LogP contribution in [0.1, 0.15) is 48.6 Å². The maximum Gasteiger partial charge on any atom is 0.276 e. The Bertz CT molecular complexity index is 849. The minimum Gasteiger partial charge on any atom is -0.305 e. The number of nitrogens with one attached hydrogen (secondary N) is 1. The third kappa shape index (κ3) is 3.49. The van der Waals surface area contributed by atoms with E-state index in [1.165, 1.54) is 30.6 Å². The van der Waals surface area contributed by atoms with Crippen LogP contribution in [0.25, 0.3) is 10.6 Å². The van der Waals surface area contributed by atoms with Crippen LogP contribution < -0.4 is 5.32 Å². The van der Waals surface area contributed by atoms with E-state index in [4.69, 9.17) is 0 Å². The molecule has 1 N–H and O–H groups in total. The molecule has 1 fully saturated rings. The van der Waals surface area contributed by atoms with Crippen molar-refractivity contribution in [2.24, 2.45) is 0 Å². The van der Waals surface area contributed by atoms with E-state index < -0.39 is 0 Å². The summed E-state index contributed by atoms with van der Waals surface area (Å²) in [6.07, 6.45) is 7.74. The fraction of sp³-hybridized carbons (Fsp3) is 0.316. The second-order valence-electron chi connectivity index (χ2n) is 6.31. The van der Waals surface area contributed by atoms with Gasteiger partial charge in [-0.2, -0.15) is 5.10 Å². The molecule has 2 aromatic heterocycles. The van der Waals surface area contributed by atoms with Crippen molar-refractivity contribution in [3.05, 3.63) is 53.7 Å². The Morgan fingerprint density at radius 1 is 1.12 bits per heavy atom. The molecular weight excluding hydrogens is 332 g/mol. The van der Waals surface area contributed by atoms with Gasteiger partial charge in [-0.3, -0.25) is 4.79 Å². The number of nitrogens with zero attached hydrogens (tertiary/aromatic N) is 3. The Kier molecular flexibility index (Phi) is 4.61. The van der Waals surface area contributed by atoms with Gasteiger partial charge in [0.05, 0.1) is 12.2 Å². The first-order valence-corrected chi connectivity index (χ1v) is 9.55. The Morgan fingerprint density at radius 2 is 1.92 bits per heavy atom. The minimum atomic E-state index is -0.184. The van der Waals surface area contributed by atoms with Crippen molar-refractivity contribution in [2.45, 2.75) is 38.1 Å². The zero-order valence-electron chi connectivity index (χ0n) is 13.9. The molecule has 0 spiro atoms. The number of amides is 1. The van der Waals surface area contributed by atoms with Gasteiger partial charge in [0, 0.05) is 17.0 Å². The predicted molar refractivity (Wildman–Crippen MR) is 99.9 cm³/mol. The van der Waals surface area contributed by atoms with Crippen LogP contribution in [0.2, 0.25) is 0 Å². The van der Waals surface area contributed by atoms with Gasteiger partial charge in [0.1, 0.15) is 16.5 Å². The number of rotatable bonds is 4. The zero-order chi connectivity index (χ0) is 17.1. The lowest BCUT2D eigenvalue weighted by Crippen LogP contribution is -2.20. The molecule has 0 aliphatic heterocycles. The van der Waals surface area contributed by atoms with Gasteiger partial charge in [-0.1, -0.05) is 49.6 Å². The number of carbonyl (C=O) groups excluding carboxylic acids is 1. The Labute approximate surface area is 150 Å². The molecule has 3 aromatic rings. The second-order valence-corrected chi connectivity index (χ2v) is 7.17. The summed E-state index contributed by atoms with van der Waals surface area (Å²) < 4.78 is 1.96. The van der Waals surface area contributed by atoms with E-state index in [-0.39, 0.29) is 5.91 Å². The van der Waals surface area contributed by atoms with Gasteiger partial charge < -0.3 is 5.32 Å². The summed E-state index contributed by atoms with van der Waals surface area (Å²) in [7, 11) is 0. The number of anilines is 1. The molecule has 0 bridgehead atoms. The van der Waals surface area contributed by atoms with E-state index >= 15 is 0 Å². The number of hydrogen-bond donors (Lipinski definition) is 1. The summed E-state index contributed by atoms with van der Waals surface area (Å²) in [6.45, 7) is 0. The molecule has 0 unspecified atom stereocenters. The van der Waals surface area contributed by atoms with Crippen LogP contribution in [0, 0.1) is 0 Å². The van der Waals surface area contributed by atoms with E-state index in [0.29, 0.717) is 11.7 Å². The number of hydrogen-bond acceptors (Lipinski definition) is 4. The summed E-state index contributed by atoms with van der Waals surface area (Å²) in [5.41, 5.74) is 1.47. The molecule has 1 aliphatic rings. The first-order chi connectivity index (χ1) is 12.3. The van der Waals surface area contributed by atoms with Crippen molar-refractivity contribution in [1.82, 2.24) is 14.8 Å². The smallest absolute Gasteiger partial charge is 0.276 e. The summed E-state index contributed by atoms with van der Waals surface area (Å²) in [4.78, 5) is 17.1. The van der Waals surface area contributed by atoms with Crippen LogP contribution in [0.15, 0.2) is 48.0 Å². The van der Waals surface area contributed by atoms with Crippen LogP contribution in [-0.4, -0.2) is 20.7 Å². The fourth-order valence-electron chi connectivity index (χ4n) is 3.30. The second kappa shape index (κ2) is 7.19. The predicted octanol–water partition coefficient (Wildman–Crippen LogP) is 4.76. The van der Waals surface area contributed by atoms with Crippen LogP contribution in [0.4, 0.5) is 5.82 Å². The highest BCUT2D eigenvalue weighted by molar-refractivity contribution is 7.13. The number of benzene rings is 1. The lowest BCUT2D eigenvalue weighted by molar-refractivity contribution is 0.102. The molecule has 128 valence electrons. The highest BCUT2D eigenvalue weighted by Gasteiger charge is 2.20. The average molecular weight is 352 g/mol. The largest absolute Gasteiger partial charge is 0.305 e. The van der Waals surface area contributed by atoms with Gasteiger partial charge in [-0.15, -0.1) is 11.3 Å². The summed E-state index contributed by atoms with van der Waals surface area (Å²) >= 11 is 1.48. The normalized spacial score (nSPS) is 15.2. The minimum absolute atomic E-state index is 0.184. The first-order valence-electron chi connectivity index (χ1n) is 8.67. The molecule has 0 atom stereocenters. The van der Waals surface area contributed by atoms with E-state index in [1.807, 2.05) is 41.1 Å². The number of carbonyl (C=O) groups is 1. The van der Waals surface area contributed by atoms with Gasteiger partial charge >= 0.3 is 0 Å². The van der Waals surface area contributed by atoms with Crippen LogP contribution in [-0.2, 0) is 0 Å². The fourth-order valence-corrected chi connectivity index (χ4v) is 4.11. The molecule has 0 radical (unpaired) electrons. The third-order valence-corrected chi connectivity index (χ3v) is 5.48. The Hall–Kier alpha value is -2.47. The molecule has 25 heavy (non-hydrogen) atoms. The van der Waals surface area contributed by atoms with Gasteiger partial charge in [0.2, 0.25) is 0 Å². The quantitative estimate of drug-likeness (QED) is 0.736. The van der Waals surface area contributed by atoms with Crippen molar-refractivity contribution in [3.8, 4) is 10.6 Å². The summed E-state index contributed by atoms with van der Waals surface area (Å²) in [5, 5.41) is 10.1. The molecule has 6 heteroatoms. The molecule has 1 aliphatic carbocycles. The van der Waals surface area contributed by atoms with Crippen LogP contribution in [0.3, 0.4) is 0 Å². The van der Waals surface area contributed by atoms with E-state index in [9.17, 15) is 4.79 Å². The standard InChI is InChI=1S/C19H20N4OS/c24-18(16-13-25-19(21-16)14-7-3-1-4-8-14)22-17-11-12-20-23(17)15-9-5-2-6-10-15/h1,3-4,7-8,11-13,15H,2,5-6,9-10H2,(H,22,24). The van der Waals surface area contributed by atoms with Gasteiger partial charge in [-0.05, 0) is 12.8 Å². The molecule has 1 amide bonds. The van der Waals surface area contributed by atoms with E-state index in [2.05, 4.69) is 15.4 Å². The van der Waals surface area contributed by atoms with E-state index in [1.54, 1.807) is 11.6 Å². The molecule has 0 saturated heterocycles. The average Bonchev–Trinajstić information content (AvgIpc) is 3.33. The SMILES string of the molecule is O=C(Nc1ccnn1C1CCCCC1)c1csc(-c2ccccc2)n1.